The second-order valence-corrected chi connectivity index (χ2v) is 36.2. The van der Waals surface area contributed by atoms with Crippen molar-refractivity contribution in [1.29, 1.82) is 0 Å². The van der Waals surface area contributed by atoms with Gasteiger partial charge in [-0.2, -0.15) is 0 Å². The minimum atomic E-state index is -5.82. The number of carbonyl (C=O) groups excluding carboxylic acids is 4. The maximum Gasteiger partial charge on any atom is 0.472 e. The van der Waals surface area contributed by atoms with Crippen LogP contribution in [0.1, 0.15) is 401 Å². The van der Waals surface area contributed by atoms with Crippen molar-refractivity contribution in [2.75, 3.05) is 26.4 Å². The molecule has 0 bridgehead atoms. The van der Waals surface area contributed by atoms with Crippen molar-refractivity contribution in [1.82, 2.24) is 0 Å². The third-order valence-electron chi connectivity index (χ3n) is 23.7. The van der Waals surface area contributed by atoms with Gasteiger partial charge in [0.25, 0.3) is 0 Å². The monoisotopic (exact) mass is 1720 g/mol. The third-order valence-corrected chi connectivity index (χ3v) is 24.7. The zero-order valence-corrected chi connectivity index (χ0v) is 75.6. The predicted molar refractivity (Wildman–Crippen MR) is 462 cm³/mol. The maximum atomic E-state index is 14.9. The second kappa shape index (κ2) is 70.1. The first-order chi connectivity index (χ1) is 57.5. The summed E-state index contributed by atoms with van der Waals surface area (Å²) in [5, 5.41) is 102. The molecule has 20 atom stereocenters. The van der Waals surface area contributed by atoms with Gasteiger partial charge >= 0.3 is 31.7 Å². The van der Waals surface area contributed by atoms with Gasteiger partial charge in [-0.1, -0.05) is 323 Å². The molecule has 20 unspecified atom stereocenters. The summed E-state index contributed by atoms with van der Waals surface area (Å²) in [6.07, 6.45) is 27.5. The Kier molecular flexibility index (Phi) is 64.8. The largest absolute Gasteiger partial charge is 0.472 e. The number of hydrogen-bond acceptors (Lipinski definition) is 24. The number of esters is 4. The Morgan fingerprint density at radius 1 is 0.353 bits per heavy atom. The fraction of sp³-hybridized carbons (Fsp3) is 0.914. The van der Waals surface area contributed by atoms with Crippen LogP contribution >= 0.6 is 7.82 Å². The second-order valence-electron chi connectivity index (χ2n) is 34.8. The van der Waals surface area contributed by atoms with Gasteiger partial charge in [0, 0.05) is 25.7 Å². The molecule has 3 fully saturated rings. The minimum absolute atomic E-state index is 0.0127. The van der Waals surface area contributed by atoms with Crippen LogP contribution in [0.4, 0.5) is 0 Å². The Morgan fingerprint density at radius 2 is 0.681 bits per heavy atom. The van der Waals surface area contributed by atoms with E-state index in [2.05, 4.69) is 65.8 Å². The summed E-state index contributed by atoms with van der Waals surface area (Å²) in [6, 6.07) is 0. The first-order valence-electron chi connectivity index (χ1n) is 47.9. The van der Waals surface area contributed by atoms with Crippen LogP contribution < -0.4 is 0 Å². The molecule has 3 aliphatic rings. The molecule has 0 spiro atoms. The summed E-state index contributed by atoms with van der Waals surface area (Å²) < 4.78 is 73.5. The van der Waals surface area contributed by atoms with Gasteiger partial charge in [-0.05, 0) is 88.9 Å². The summed E-state index contributed by atoms with van der Waals surface area (Å²) in [7, 11) is -5.82. The highest BCUT2D eigenvalue weighted by Gasteiger charge is 2.60. The lowest BCUT2D eigenvalue weighted by Crippen LogP contribution is -2.70. The van der Waals surface area contributed by atoms with Crippen LogP contribution in [0.25, 0.3) is 0 Å². The Morgan fingerprint density at radius 3 is 1.10 bits per heavy atom. The normalized spacial score (nSPS) is 25.4. The van der Waals surface area contributed by atoms with Gasteiger partial charge in [0.1, 0.15) is 92.6 Å². The molecule has 0 aromatic rings. The van der Waals surface area contributed by atoms with Crippen LogP contribution in [0, 0.1) is 11.8 Å². The number of phosphoric acid groups is 1. The molecule has 0 amide bonds. The highest BCUT2D eigenvalue weighted by atomic mass is 31.2. The van der Waals surface area contributed by atoms with Crippen molar-refractivity contribution in [2.45, 2.75) is 505 Å². The Bertz CT molecular complexity index is 2600. The first-order valence-corrected chi connectivity index (χ1v) is 49.3. The van der Waals surface area contributed by atoms with E-state index in [9.17, 15) is 74.6 Å². The van der Waals surface area contributed by atoms with Gasteiger partial charge in [-0.25, -0.2) is 4.57 Å². The van der Waals surface area contributed by atoms with E-state index < -0.39 is 162 Å². The molecule has 1 aliphatic carbocycles. The summed E-state index contributed by atoms with van der Waals surface area (Å²) in [5.74, 6) is -1.62. The van der Waals surface area contributed by atoms with Crippen LogP contribution in [0.15, 0.2) is 24.3 Å². The number of aliphatic hydroxyl groups excluding tert-OH is 9. The van der Waals surface area contributed by atoms with Crippen LogP contribution in [-0.4, -0.2) is 205 Å². The number of phosphoric ester groups is 1. The quantitative estimate of drug-likeness (QED) is 0.00889. The van der Waals surface area contributed by atoms with Crippen molar-refractivity contribution in [2.24, 2.45) is 11.8 Å². The smallest absolute Gasteiger partial charge is 0.463 e. The number of ether oxygens (including phenoxy) is 8. The molecular formula is C93H171O25P. The fourth-order valence-electron chi connectivity index (χ4n) is 15.9. The van der Waals surface area contributed by atoms with E-state index in [1.807, 2.05) is 0 Å². The zero-order chi connectivity index (χ0) is 87.1. The van der Waals surface area contributed by atoms with Crippen molar-refractivity contribution < 1.29 is 122 Å². The molecule has 3 rings (SSSR count). The summed E-state index contributed by atoms with van der Waals surface area (Å²) in [4.78, 5) is 66.6. The van der Waals surface area contributed by atoms with Crippen molar-refractivity contribution in [3.05, 3.63) is 24.3 Å². The molecule has 26 heteroatoms. The van der Waals surface area contributed by atoms with Gasteiger partial charge in [0.05, 0.1) is 13.2 Å². The predicted octanol–water partition coefficient (Wildman–Crippen LogP) is 17.8. The molecule has 119 heavy (non-hydrogen) atoms. The van der Waals surface area contributed by atoms with Gasteiger partial charge in [-0.15, -0.1) is 0 Å². The van der Waals surface area contributed by atoms with E-state index in [0.29, 0.717) is 50.4 Å². The fourth-order valence-corrected chi connectivity index (χ4v) is 16.9. The van der Waals surface area contributed by atoms with E-state index in [-0.39, 0.29) is 32.1 Å². The molecule has 0 radical (unpaired) electrons. The summed E-state index contributed by atoms with van der Waals surface area (Å²) in [6.45, 7) is 10.2. The highest BCUT2D eigenvalue weighted by molar-refractivity contribution is 7.47. The van der Waals surface area contributed by atoms with E-state index in [4.69, 9.17) is 46.9 Å². The van der Waals surface area contributed by atoms with Crippen molar-refractivity contribution in [3.8, 4) is 0 Å². The van der Waals surface area contributed by atoms with Gasteiger partial charge in [0.2, 0.25) is 0 Å². The van der Waals surface area contributed by atoms with Crippen LogP contribution in [0.5, 0.6) is 0 Å². The molecule has 0 aromatic heterocycles. The number of unbranched alkanes of at least 4 members (excludes halogenated alkanes) is 40. The highest BCUT2D eigenvalue weighted by Crippen LogP contribution is 2.49. The molecule has 698 valence electrons. The number of allylic oxidation sites excluding steroid dienone is 4. The van der Waals surface area contributed by atoms with Crippen LogP contribution in [0.3, 0.4) is 0 Å². The third kappa shape index (κ3) is 50.8. The van der Waals surface area contributed by atoms with Gasteiger partial charge in [-0.3, -0.25) is 28.2 Å². The molecule has 25 nitrogen and oxygen atoms in total. The van der Waals surface area contributed by atoms with Gasteiger partial charge < -0.3 is 88.7 Å². The van der Waals surface area contributed by atoms with Crippen molar-refractivity contribution in [3.63, 3.8) is 0 Å². The summed E-state index contributed by atoms with van der Waals surface area (Å²) in [5.41, 5.74) is 0. The maximum absolute atomic E-state index is 14.9. The molecule has 0 aromatic carbocycles. The topological polar surface area (TPSA) is 380 Å². The lowest BCUT2D eigenvalue weighted by molar-refractivity contribution is -0.360. The number of aliphatic hydroxyl groups is 9. The van der Waals surface area contributed by atoms with E-state index >= 15 is 0 Å². The molecule has 1 saturated carbocycles. The van der Waals surface area contributed by atoms with E-state index in [0.717, 1.165) is 135 Å². The lowest BCUT2D eigenvalue weighted by Gasteiger charge is -2.50. The SMILES string of the molecule is CCCCCC/C=C\CCCCCCCCCC(=O)OC(COC(=O)CCCCCCCCC(C)CCCCCCCC)COP(=O)(O)OC1C(OC2OC(CO)C(O)C(O)C2O)C(O)C(O)C(OC(=O)CCCCC/C=C\CCCCCCCC)C1OC1OC(COC(=O)CCCCCCCCC(C)CCCCCCCC)C(O)C(O)C1O. The van der Waals surface area contributed by atoms with Crippen LogP contribution in [-0.2, 0) is 70.7 Å². The number of rotatable bonds is 76. The average molecular weight is 1720 g/mol. The van der Waals surface area contributed by atoms with Crippen LogP contribution in [0.2, 0.25) is 0 Å². The average Bonchev–Trinajstić information content (AvgIpc) is 0.755. The standard InChI is InChI=1S/C93H171O25P/c1-7-11-15-19-23-25-27-29-30-32-34-35-37-49-57-65-78(97)112-73(68-109-76(95)63-55-47-41-39-45-53-61-71(5)59-51-43-21-17-13-9-3)69-111-119(107,108)118-91-89(116-92-86(105)82(101)80(99)74(67-94)113-92)85(104)84(103)88(115-79(98)66-58-50-38-36-33-31-28-26-24-20-16-12-8-2)90(91)117-93-87(106)83(102)81(100)75(114-93)70-110-77(96)64-56-48-42-40-46-54-62-72(6)60-52-44-22-18-14-10-4/h25,27,31,33,71-75,80-94,99-106H,7-24,26,28-30,32,34-70H2,1-6H3,(H,107,108)/b27-25-,33-31-. The summed E-state index contributed by atoms with van der Waals surface area (Å²) >= 11 is 0. The molecule has 2 aliphatic heterocycles. The molecule has 10 N–H and O–H groups in total. The Balaban J connectivity index is 1.92. The Hall–Kier alpha value is -3.05. The Labute approximate surface area is 717 Å². The molecule has 2 heterocycles. The van der Waals surface area contributed by atoms with Gasteiger partial charge in [0.15, 0.2) is 24.8 Å². The molecular weight excluding hydrogens is 1550 g/mol. The minimum Gasteiger partial charge on any atom is -0.463 e. The van der Waals surface area contributed by atoms with E-state index in [1.54, 1.807) is 0 Å². The van der Waals surface area contributed by atoms with E-state index in [1.165, 1.54) is 154 Å². The zero-order valence-electron chi connectivity index (χ0n) is 74.7. The lowest BCUT2D eigenvalue weighted by atomic mass is 9.84. The molecule has 2 saturated heterocycles. The van der Waals surface area contributed by atoms with Crippen molar-refractivity contribution >= 4 is 31.7 Å². The number of carbonyl (C=O) groups is 4. The first kappa shape index (κ1) is 110. The number of hydrogen-bond donors (Lipinski definition) is 10.